The smallest absolute Gasteiger partial charge is 0.230 e. The maximum atomic E-state index is 13.2. The quantitative estimate of drug-likeness (QED) is 0.641. The second-order valence-electron chi connectivity index (χ2n) is 7.04. The van der Waals surface area contributed by atoms with E-state index in [0.29, 0.717) is 5.02 Å². The van der Waals surface area contributed by atoms with Crippen molar-refractivity contribution in [3.63, 3.8) is 0 Å². The minimum atomic E-state index is 0.0322. The van der Waals surface area contributed by atoms with Gasteiger partial charge < -0.3 is 9.80 Å². The third-order valence-electron chi connectivity index (χ3n) is 5.37. The lowest BCUT2D eigenvalue weighted by Crippen LogP contribution is -2.44. The number of piperidine rings is 1. The number of hydrogen-bond donors (Lipinski definition) is 0. The Bertz CT molecular complexity index is 1030. The normalized spacial score (nSPS) is 17.8. The van der Waals surface area contributed by atoms with Crippen LogP contribution in [0.3, 0.4) is 0 Å². The van der Waals surface area contributed by atoms with Gasteiger partial charge in [0.25, 0.3) is 0 Å². The summed E-state index contributed by atoms with van der Waals surface area (Å²) in [4.78, 5) is 18.5. The van der Waals surface area contributed by atoms with Crippen molar-refractivity contribution in [2.45, 2.75) is 17.7 Å². The van der Waals surface area contributed by atoms with Crippen molar-refractivity contribution in [3.05, 3.63) is 41.7 Å². The van der Waals surface area contributed by atoms with E-state index in [1.54, 1.807) is 22.6 Å². The Morgan fingerprint density at radius 3 is 2.86 bits per heavy atom. The lowest BCUT2D eigenvalue weighted by Gasteiger charge is -2.36. The van der Waals surface area contributed by atoms with Gasteiger partial charge in [0.1, 0.15) is 12.1 Å². The Labute approximate surface area is 171 Å². The zero-order chi connectivity index (χ0) is 19.1. The average Bonchev–Trinajstić information content (AvgIpc) is 3.21. The van der Waals surface area contributed by atoms with Gasteiger partial charge in [-0.05, 0) is 43.2 Å². The predicted octanol–water partition coefficient (Wildman–Crippen LogP) is 3.13. The summed E-state index contributed by atoms with van der Waals surface area (Å²) in [7, 11) is 0. The van der Waals surface area contributed by atoms with E-state index in [0.717, 1.165) is 60.3 Å². The minimum Gasteiger partial charge on any atom is -0.355 e. The topological polar surface area (TPSA) is 66.6 Å². The van der Waals surface area contributed by atoms with Crippen molar-refractivity contribution < 1.29 is 4.79 Å². The standard InChI is InChI=1S/C19H19ClN6OS/c20-14-1-2-16-15(11-14)25(9-10-28-16)19(27)13-5-7-24(8-6-13)18-4-3-17-22-21-12-26(17)23-18/h1-4,11-13H,5-10H2. The molecule has 0 spiro atoms. The first-order chi connectivity index (χ1) is 13.7. The van der Waals surface area contributed by atoms with E-state index < -0.39 is 0 Å². The van der Waals surface area contributed by atoms with Crippen LogP contribution >= 0.6 is 23.4 Å². The number of nitrogens with zero attached hydrogens (tertiary/aromatic N) is 6. The van der Waals surface area contributed by atoms with Crippen molar-refractivity contribution in [1.82, 2.24) is 19.8 Å². The summed E-state index contributed by atoms with van der Waals surface area (Å²) in [5.74, 6) is 2.06. The van der Waals surface area contributed by atoms with E-state index in [1.165, 1.54) is 0 Å². The summed E-state index contributed by atoms with van der Waals surface area (Å²) in [6.45, 7) is 2.35. The molecule has 0 aliphatic carbocycles. The van der Waals surface area contributed by atoms with Crippen LogP contribution in [0.1, 0.15) is 12.8 Å². The summed E-state index contributed by atoms with van der Waals surface area (Å²) in [6, 6.07) is 9.69. The minimum absolute atomic E-state index is 0.0322. The number of aromatic nitrogens is 4. The Morgan fingerprint density at radius 1 is 1.14 bits per heavy atom. The van der Waals surface area contributed by atoms with Gasteiger partial charge in [-0.3, -0.25) is 4.79 Å². The zero-order valence-electron chi connectivity index (χ0n) is 15.2. The Balaban J connectivity index is 1.29. The largest absolute Gasteiger partial charge is 0.355 e. The lowest BCUT2D eigenvalue weighted by molar-refractivity contribution is -0.122. The summed E-state index contributed by atoms with van der Waals surface area (Å²) in [6.07, 6.45) is 3.24. The number of hydrogen-bond acceptors (Lipinski definition) is 6. The molecule has 0 N–H and O–H groups in total. The summed E-state index contributed by atoms with van der Waals surface area (Å²) in [5, 5.41) is 13.1. The van der Waals surface area contributed by atoms with Crippen LogP contribution in [-0.4, -0.2) is 51.1 Å². The highest BCUT2D eigenvalue weighted by atomic mass is 35.5. The van der Waals surface area contributed by atoms with Crippen molar-refractivity contribution in [2.75, 3.05) is 35.2 Å². The molecule has 0 atom stereocenters. The third kappa shape index (κ3) is 3.20. The molecule has 0 unspecified atom stereocenters. The molecule has 4 heterocycles. The number of carbonyl (C=O) groups excluding carboxylic acids is 1. The molecule has 144 valence electrons. The first kappa shape index (κ1) is 17.8. The molecule has 0 radical (unpaired) electrons. The van der Waals surface area contributed by atoms with Crippen LogP contribution < -0.4 is 9.80 Å². The average molecular weight is 415 g/mol. The molecule has 28 heavy (non-hydrogen) atoms. The van der Waals surface area contributed by atoms with Gasteiger partial charge in [0.15, 0.2) is 5.65 Å². The van der Waals surface area contributed by atoms with E-state index in [4.69, 9.17) is 11.6 Å². The molecule has 2 aromatic heterocycles. The van der Waals surface area contributed by atoms with Crippen LogP contribution in [0.2, 0.25) is 5.02 Å². The van der Waals surface area contributed by atoms with E-state index in [2.05, 4.69) is 20.2 Å². The van der Waals surface area contributed by atoms with Gasteiger partial charge in [0.2, 0.25) is 5.91 Å². The van der Waals surface area contributed by atoms with E-state index in [9.17, 15) is 4.79 Å². The molecule has 1 fully saturated rings. The molecular weight excluding hydrogens is 396 g/mol. The van der Waals surface area contributed by atoms with Crippen LogP contribution in [0, 0.1) is 5.92 Å². The summed E-state index contributed by atoms with van der Waals surface area (Å²) >= 11 is 7.96. The number of halogens is 1. The van der Waals surface area contributed by atoms with E-state index >= 15 is 0 Å². The zero-order valence-corrected chi connectivity index (χ0v) is 16.7. The highest BCUT2D eigenvalue weighted by Crippen LogP contribution is 2.38. The SMILES string of the molecule is O=C(C1CCN(c2ccc3nncn3n2)CC1)N1CCSc2ccc(Cl)cc21. The maximum absolute atomic E-state index is 13.2. The highest BCUT2D eigenvalue weighted by molar-refractivity contribution is 7.99. The fourth-order valence-corrected chi connectivity index (χ4v) is 5.02. The van der Waals surface area contributed by atoms with Crippen molar-refractivity contribution in [3.8, 4) is 0 Å². The molecule has 3 aromatic rings. The lowest BCUT2D eigenvalue weighted by atomic mass is 9.95. The summed E-state index contributed by atoms with van der Waals surface area (Å²) in [5.41, 5.74) is 1.69. The number of carbonyl (C=O) groups is 1. The predicted molar refractivity (Wildman–Crippen MR) is 110 cm³/mol. The second kappa shape index (κ2) is 7.25. The fraction of sp³-hybridized carbons (Fsp3) is 0.368. The number of thioether (sulfide) groups is 1. The van der Waals surface area contributed by atoms with Gasteiger partial charge in [-0.2, -0.15) is 4.52 Å². The van der Waals surface area contributed by atoms with Crippen LogP contribution in [0.4, 0.5) is 11.5 Å². The van der Waals surface area contributed by atoms with Crippen LogP contribution in [0.5, 0.6) is 0 Å². The molecular formula is C19H19ClN6OS. The maximum Gasteiger partial charge on any atom is 0.230 e. The van der Waals surface area contributed by atoms with Gasteiger partial charge in [0.05, 0.1) is 5.69 Å². The molecule has 7 nitrogen and oxygen atoms in total. The first-order valence-electron chi connectivity index (χ1n) is 9.35. The number of amides is 1. The first-order valence-corrected chi connectivity index (χ1v) is 10.7. The van der Waals surface area contributed by atoms with E-state index in [1.807, 2.05) is 35.2 Å². The molecule has 1 aromatic carbocycles. The fourth-order valence-electron chi connectivity index (χ4n) is 3.88. The second-order valence-corrected chi connectivity index (χ2v) is 8.61. The molecule has 2 aliphatic heterocycles. The van der Waals surface area contributed by atoms with Gasteiger partial charge in [-0.25, -0.2) is 0 Å². The van der Waals surface area contributed by atoms with Gasteiger partial charge >= 0.3 is 0 Å². The Morgan fingerprint density at radius 2 is 2.00 bits per heavy atom. The highest BCUT2D eigenvalue weighted by Gasteiger charge is 2.32. The molecule has 5 rings (SSSR count). The van der Waals surface area contributed by atoms with Crippen molar-refractivity contribution in [1.29, 1.82) is 0 Å². The monoisotopic (exact) mass is 414 g/mol. The Kier molecular flexibility index (Phi) is 4.60. The van der Waals surface area contributed by atoms with Gasteiger partial charge in [0, 0.05) is 41.2 Å². The van der Waals surface area contributed by atoms with Crippen LogP contribution in [-0.2, 0) is 4.79 Å². The number of fused-ring (bicyclic) bond motifs is 2. The van der Waals surface area contributed by atoms with Crippen LogP contribution in [0.15, 0.2) is 41.6 Å². The Hall–Kier alpha value is -2.32. The van der Waals surface area contributed by atoms with Crippen LogP contribution in [0.25, 0.3) is 5.65 Å². The molecule has 9 heteroatoms. The molecule has 0 saturated carbocycles. The van der Waals surface area contributed by atoms with Crippen molar-refractivity contribution >= 4 is 46.4 Å². The molecule has 1 amide bonds. The summed E-state index contributed by atoms with van der Waals surface area (Å²) < 4.78 is 1.68. The number of anilines is 2. The van der Waals surface area contributed by atoms with E-state index in [-0.39, 0.29) is 11.8 Å². The van der Waals surface area contributed by atoms with Gasteiger partial charge in [-0.15, -0.1) is 27.1 Å². The molecule has 2 aliphatic rings. The number of rotatable bonds is 2. The van der Waals surface area contributed by atoms with Gasteiger partial charge in [-0.1, -0.05) is 11.6 Å². The van der Waals surface area contributed by atoms with Crippen molar-refractivity contribution in [2.24, 2.45) is 5.92 Å². The molecule has 1 saturated heterocycles. The third-order valence-corrected chi connectivity index (χ3v) is 6.64. The number of benzene rings is 1. The molecule has 0 bridgehead atoms.